The Balaban J connectivity index is 1.76. The lowest BCUT2D eigenvalue weighted by Crippen LogP contribution is -2.19. The van der Waals surface area contributed by atoms with Crippen LogP contribution in [0.4, 0.5) is 0 Å². The summed E-state index contributed by atoms with van der Waals surface area (Å²) < 4.78 is 5.20. The SMILES string of the molecule is COc1ccc(CC(N)c2ccccc2C2CCC2)cc1. The fraction of sp³-hybridized carbons (Fsp3) is 0.368. The molecule has 1 fully saturated rings. The molecule has 2 aromatic rings. The van der Waals surface area contributed by atoms with Crippen LogP contribution in [-0.4, -0.2) is 7.11 Å². The molecule has 0 saturated heterocycles. The summed E-state index contributed by atoms with van der Waals surface area (Å²) in [5, 5.41) is 0. The van der Waals surface area contributed by atoms with Gasteiger partial charge in [-0.1, -0.05) is 42.8 Å². The van der Waals surface area contributed by atoms with Crippen LogP contribution in [0.3, 0.4) is 0 Å². The van der Waals surface area contributed by atoms with Crippen LogP contribution >= 0.6 is 0 Å². The first kappa shape index (κ1) is 14.2. The van der Waals surface area contributed by atoms with Crippen molar-refractivity contribution < 1.29 is 4.74 Å². The lowest BCUT2D eigenvalue weighted by atomic mass is 9.77. The van der Waals surface area contributed by atoms with E-state index in [-0.39, 0.29) is 6.04 Å². The van der Waals surface area contributed by atoms with Crippen molar-refractivity contribution in [2.24, 2.45) is 5.73 Å². The minimum absolute atomic E-state index is 0.0650. The number of nitrogens with two attached hydrogens (primary N) is 1. The van der Waals surface area contributed by atoms with Crippen LogP contribution < -0.4 is 10.5 Å². The van der Waals surface area contributed by atoms with Crippen LogP contribution in [0.2, 0.25) is 0 Å². The minimum atomic E-state index is 0.0650. The van der Waals surface area contributed by atoms with Gasteiger partial charge in [-0.3, -0.25) is 0 Å². The van der Waals surface area contributed by atoms with Crippen molar-refractivity contribution in [2.45, 2.75) is 37.6 Å². The van der Waals surface area contributed by atoms with Gasteiger partial charge in [-0.25, -0.2) is 0 Å². The van der Waals surface area contributed by atoms with E-state index in [9.17, 15) is 0 Å². The van der Waals surface area contributed by atoms with Crippen molar-refractivity contribution in [1.29, 1.82) is 0 Å². The second kappa shape index (κ2) is 6.31. The van der Waals surface area contributed by atoms with Gasteiger partial charge >= 0.3 is 0 Å². The van der Waals surface area contributed by atoms with Gasteiger partial charge in [-0.2, -0.15) is 0 Å². The first-order chi connectivity index (χ1) is 10.3. The summed E-state index contributed by atoms with van der Waals surface area (Å²) in [5.41, 5.74) is 10.5. The maximum atomic E-state index is 6.48. The number of methoxy groups -OCH3 is 1. The number of benzene rings is 2. The van der Waals surface area contributed by atoms with Gasteiger partial charge in [-0.05, 0) is 54.0 Å². The van der Waals surface area contributed by atoms with E-state index >= 15 is 0 Å². The molecule has 0 aliphatic heterocycles. The quantitative estimate of drug-likeness (QED) is 0.891. The smallest absolute Gasteiger partial charge is 0.118 e. The van der Waals surface area contributed by atoms with E-state index in [4.69, 9.17) is 10.5 Å². The number of hydrogen-bond donors (Lipinski definition) is 1. The normalized spacial score (nSPS) is 16.3. The zero-order chi connectivity index (χ0) is 14.7. The third kappa shape index (κ3) is 3.11. The van der Waals surface area contributed by atoms with Gasteiger partial charge in [0, 0.05) is 6.04 Å². The molecular formula is C19H23NO. The molecule has 0 radical (unpaired) electrons. The van der Waals surface area contributed by atoms with E-state index in [2.05, 4.69) is 36.4 Å². The van der Waals surface area contributed by atoms with E-state index in [1.165, 1.54) is 36.0 Å². The Hall–Kier alpha value is -1.80. The van der Waals surface area contributed by atoms with Crippen molar-refractivity contribution in [1.82, 2.24) is 0 Å². The highest BCUT2D eigenvalue weighted by Crippen LogP contribution is 2.39. The monoisotopic (exact) mass is 281 g/mol. The second-order valence-corrected chi connectivity index (χ2v) is 5.92. The predicted octanol–water partition coefficient (Wildman–Crippen LogP) is 4.21. The zero-order valence-electron chi connectivity index (χ0n) is 12.6. The van der Waals surface area contributed by atoms with Crippen molar-refractivity contribution in [3.8, 4) is 5.75 Å². The summed E-state index contributed by atoms with van der Waals surface area (Å²) in [6.07, 6.45) is 4.85. The second-order valence-electron chi connectivity index (χ2n) is 5.92. The fourth-order valence-electron chi connectivity index (χ4n) is 3.07. The molecule has 0 amide bonds. The average Bonchev–Trinajstić information content (AvgIpc) is 2.47. The van der Waals surface area contributed by atoms with Gasteiger partial charge in [0.05, 0.1) is 7.11 Å². The molecule has 2 aromatic carbocycles. The molecule has 21 heavy (non-hydrogen) atoms. The van der Waals surface area contributed by atoms with Crippen LogP contribution in [-0.2, 0) is 6.42 Å². The molecule has 2 heteroatoms. The molecule has 110 valence electrons. The van der Waals surface area contributed by atoms with Gasteiger partial charge in [0.25, 0.3) is 0 Å². The third-order valence-corrected chi connectivity index (χ3v) is 4.56. The van der Waals surface area contributed by atoms with Crippen molar-refractivity contribution in [3.63, 3.8) is 0 Å². The predicted molar refractivity (Wildman–Crippen MR) is 86.7 cm³/mol. The molecule has 1 unspecified atom stereocenters. The topological polar surface area (TPSA) is 35.2 Å². The molecule has 0 bridgehead atoms. The molecule has 1 aliphatic carbocycles. The molecule has 0 aromatic heterocycles. The van der Waals surface area contributed by atoms with Crippen molar-refractivity contribution >= 4 is 0 Å². The highest BCUT2D eigenvalue weighted by Gasteiger charge is 2.23. The molecule has 2 N–H and O–H groups in total. The Kier molecular flexibility index (Phi) is 4.26. The summed E-state index contributed by atoms with van der Waals surface area (Å²) in [5.74, 6) is 1.62. The van der Waals surface area contributed by atoms with Gasteiger partial charge in [0.1, 0.15) is 5.75 Å². The summed E-state index contributed by atoms with van der Waals surface area (Å²) in [6, 6.07) is 17.0. The summed E-state index contributed by atoms with van der Waals surface area (Å²) in [7, 11) is 1.69. The minimum Gasteiger partial charge on any atom is -0.497 e. The van der Waals surface area contributed by atoms with Crippen LogP contribution in [0.5, 0.6) is 5.75 Å². The number of hydrogen-bond acceptors (Lipinski definition) is 2. The first-order valence-electron chi connectivity index (χ1n) is 7.75. The largest absolute Gasteiger partial charge is 0.497 e. The summed E-state index contributed by atoms with van der Waals surface area (Å²) in [6.45, 7) is 0. The van der Waals surface area contributed by atoms with E-state index in [0.29, 0.717) is 0 Å². The molecule has 0 spiro atoms. The van der Waals surface area contributed by atoms with E-state index < -0.39 is 0 Å². The standard InChI is InChI=1S/C19H23NO/c1-21-16-11-9-14(10-12-16)13-19(20)18-8-3-2-7-17(18)15-5-4-6-15/h2-3,7-12,15,19H,4-6,13,20H2,1H3. The van der Waals surface area contributed by atoms with Crippen molar-refractivity contribution in [2.75, 3.05) is 7.11 Å². The van der Waals surface area contributed by atoms with E-state index in [0.717, 1.165) is 18.1 Å². The van der Waals surface area contributed by atoms with Gasteiger partial charge in [0.2, 0.25) is 0 Å². The Bertz CT molecular complexity index is 587. The summed E-state index contributed by atoms with van der Waals surface area (Å²) in [4.78, 5) is 0. The molecule has 0 heterocycles. The molecule has 1 atom stereocenters. The van der Waals surface area contributed by atoms with Crippen LogP contribution in [0.25, 0.3) is 0 Å². The van der Waals surface area contributed by atoms with Crippen LogP contribution in [0, 0.1) is 0 Å². The Morgan fingerprint density at radius 2 is 1.81 bits per heavy atom. The number of ether oxygens (including phenoxy) is 1. The molecular weight excluding hydrogens is 258 g/mol. The van der Waals surface area contributed by atoms with E-state index in [1.54, 1.807) is 7.11 Å². The first-order valence-corrected chi connectivity index (χ1v) is 7.75. The van der Waals surface area contributed by atoms with Crippen LogP contribution in [0.1, 0.15) is 47.9 Å². The molecule has 2 nitrogen and oxygen atoms in total. The molecule has 1 aliphatic rings. The lowest BCUT2D eigenvalue weighted by molar-refractivity contribution is 0.414. The maximum absolute atomic E-state index is 6.48. The Morgan fingerprint density at radius 3 is 2.43 bits per heavy atom. The zero-order valence-corrected chi connectivity index (χ0v) is 12.6. The van der Waals surface area contributed by atoms with Gasteiger partial charge < -0.3 is 10.5 Å². The van der Waals surface area contributed by atoms with Gasteiger partial charge in [0.15, 0.2) is 0 Å². The Morgan fingerprint density at radius 1 is 1.10 bits per heavy atom. The fourth-order valence-corrected chi connectivity index (χ4v) is 3.07. The highest BCUT2D eigenvalue weighted by atomic mass is 16.5. The lowest BCUT2D eigenvalue weighted by Gasteiger charge is -2.29. The maximum Gasteiger partial charge on any atom is 0.118 e. The number of rotatable bonds is 5. The third-order valence-electron chi connectivity index (χ3n) is 4.56. The van der Waals surface area contributed by atoms with E-state index in [1.807, 2.05) is 12.1 Å². The van der Waals surface area contributed by atoms with Crippen LogP contribution in [0.15, 0.2) is 48.5 Å². The molecule has 1 saturated carbocycles. The highest BCUT2D eigenvalue weighted by molar-refractivity contribution is 5.36. The Labute approximate surface area is 126 Å². The van der Waals surface area contributed by atoms with Crippen molar-refractivity contribution in [3.05, 3.63) is 65.2 Å². The van der Waals surface area contributed by atoms with Gasteiger partial charge in [-0.15, -0.1) is 0 Å². The summed E-state index contributed by atoms with van der Waals surface area (Å²) >= 11 is 0. The molecule has 3 rings (SSSR count). The average molecular weight is 281 g/mol.